The van der Waals surface area contributed by atoms with Crippen molar-refractivity contribution in [3.63, 3.8) is 0 Å². The van der Waals surface area contributed by atoms with E-state index >= 15 is 0 Å². The molecule has 7 heteroatoms. The van der Waals surface area contributed by atoms with Gasteiger partial charge >= 0.3 is 5.97 Å². The molecule has 1 fully saturated rings. The van der Waals surface area contributed by atoms with E-state index in [1.54, 1.807) is 24.3 Å². The van der Waals surface area contributed by atoms with Gasteiger partial charge in [-0.15, -0.1) is 11.6 Å². The second-order valence-electron chi connectivity index (χ2n) is 5.46. The van der Waals surface area contributed by atoms with Gasteiger partial charge in [-0.2, -0.15) is 0 Å². The first kappa shape index (κ1) is 18.5. The van der Waals surface area contributed by atoms with Crippen LogP contribution in [0.25, 0.3) is 0 Å². The number of carbonyl (C=O) groups excluding carboxylic acids is 1. The molecule has 5 nitrogen and oxygen atoms in total. The third-order valence-electron chi connectivity index (χ3n) is 3.98. The molecule has 0 spiro atoms. The van der Waals surface area contributed by atoms with Crippen LogP contribution in [0.15, 0.2) is 24.3 Å². The molecule has 0 amide bonds. The van der Waals surface area contributed by atoms with Gasteiger partial charge in [0.2, 0.25) is 0 Å². The average molecular weight is 360 g/mol. The Morgan fingerprint density at radius 1 is 1.39 bits per heavy atom. The highest BCUT2D eigenvalue weighted by molar-refractivity contribution is 7.09. The Bertz CT molecular complexity index is 499. The molecule has 0 saturated carbocycles. The zero-order chi connectivity index (χ0) is 16.7. The average Bonchev–Trinajstić information content (AvgIpc) is 2.93. The van der Waals surface area contributed by atoms with Gasteiger partial charge in [-0.25, -0.2) is 4.79 Å². The number of halogens is 1. The quantitative estimate of drug-likeness (QED) is 0.309. The molecule has 0 aromatic heterocycles. The summed E-state index contributed by atoms with van der Waals surface area (Å²) >= 11 is 6.42. The van der Waals surface area contributed by atoms with Crippen LogP contribution in [0.3, 0.4) is 0 Å². The molecule has 1 unspecified atom stereocenters. The smallest absolute Gasteiger partial charge is 0.337 e. The second-order valence-corrected chi connectivity index (χ2v) is 6.35. The van der Waals surface area contributed by atoms with Gasteiger partial charge in [0.15, 0.2) is 0 Å². The Hall–Kier alpha value is -0.870. The lowest BCUT2D eigenvalue weighted by atomic mass is 10.2. The Morgan fingerprint density at radius 3 is 2.78 bits per heavy atom. The van der Waals surface area contributed by atoms with E-state index in [0.29, 0.717) is 12.2 Å². The van der Waals surface area contributed by atoms with Crippen LogP contribution in [0.5, 0.6) is 5.75 Å². The maximum atomic E-state index is 11.4. The molecule has 1 aliphatic rings. The van der Waals surface area contributed by atoms with Crippen molar-refractivity contribution in [3.05, 3.63) is 29.8 Å². The van der Waals surface area contributed by atoms with E-state index in [0.717, 1.165) is 38.3 Å². The minimum atomic E-state index is -0.351. The van der Waals surface area contributed by atoms with Crippen LogP contribution in [0.1, 0.15) is 23.2 Å². The molecule has 0 aliphatic carbocycles. The lowest BCUT2D eigenvalue weighted by Crippen LogP contribution is -2.39. The lowest BCUT2D eigenvalue weighted by molar-refractivity contribution is 0.0600. The fourth-order valence-electron chi connectivity index (χ4n) is 2.70. The van der Waals surface area contributed by atoms with Crippen molar-refractivity contribution in [1.29, 1.82) is 0 Å². The topological polar surface area (TPSA) is 48.0 Å². The normalized spacial score (nSPS) is 21.3. The van der Waals surface area contributed by atoms with Crippen LogP contribution in [0, 0.1) is 0 Å². The van der Waals surface area contributed by atoms with Crippen molar-refractivity contribution in [3.8, 4) is 5.75 Å². The maximum absolute atomic E-state index is 11.4. The highest BCUT2D eigenvalue weighted by atomic mass is 35.5. The summed E-state index contributed by atoms with van der Waals surface area (Å²) in [6, 6.07) is 7.14. The first-order valence-electron chi connectivity index (χ1n) is 7.66. The van der Waals surface area contributed by atoms with Crippen LogP contribution in [-0.4, -0.2) is 55.7 Å². The summed E-state index contributed by atoms with van der Waals surface area (Å²) in [7, 11) is 3.64. The molecule has 0 bridgehead atoms. The molecule has 1 saturated heterocycles. The van der Waals surface area contributed by atoms with Crippen LogP contribution >= 0.6 is 21.1 Å². The molecule has 3 atom stereocenters. The number of esters is 1. The van der Waals surface area contributed by atoms with E-state index in [4.69, 9.17) is 20.9 Å². The summed E-state index contributed by atoms with van der Waals surface area (Å²) in [6.45, 7) is 3.19. The molecule has 1 aliphatic heterocycles. The first-order chi connectivity index (χ1) is 11.2. The van der Waals surface area contributed by atoms with Crippen molar-refractivity contribution < 1.29 is 18.8 Å². The van der Waals surface area contributed by atoms with Gasteiger partial charge in [0.1, 0.15) is 12.4 Å². The Balaban J connectivity index is 1.86. The summed E-state index contributed by atoms with van der Waals surface area (Å²) in [6.07, 6.45) is 1.94. The number of nitrogens with zero attached hydrogens (tertiary/aromatic N) is 1. The molecule has 1 heterocycles. The number of hydrogen-bond donors (Lipinski definition) is 0. The van der Waals surface area contributed by atoms with Crippen molar-refractivity contribution in [2.75, 3.05) is 33.4 Å². The maximum Gasteiger partial charge on any atom is 0.337 e. The van der Waals surface area contributed by atoms with E-state index in [2.05, 4.69) is 19.1 Å². The van der Waals surface area contributed by atoms with Gasteiger partial charge in [-0.05, 0) is 37.1 Å². The summed E-state index contributed by atoms with van der Waals surface area (Å²) < 4.78 is 15.5. The number of ether oxygens (including phenoxy) is 2. The number of methoxy groups -OCH3 is 1. The number of benzene rings is 1. The number of likely N-dealkylation sites (tertiary alicyclic amines) is 1. The van der Waals surface area contributed by atoms with Crippen molar-refractivity contribution >= 4 is 27.0 Å². The zero-order valence-corrected chi connectivity index (χ0v) is 15.2. The predicted molar refractivity (Wildman–Crippen MR) is 93.2 cm³/mol. The molecular weight excluding hydrogens is 337 g/mol. The predicted octanol–water partition coefficient (Wildman–Crippen LogP) is 2.73. The first-order valence-corrected chi connectivity index (χ1v) is 8.57. The van der Waals surface area contributed by atoms with E-state index in [1.807, 2.05) is 0 Å². The lowest BCUT2D eigenvalue weighted by Gasteiger charge is -2.26. The molecule has 1 aromatic carbocycles. The second kappa shape index (κ2) is 9.43. The third-order valence-corrected chi connectivity index (χ3v) is 4.73. The number of alkyl halides is 1. The zero-order valence-electron chi connectivity index (χ0n) is 13.2. The van der Waals surface area contributed by atoms with Gasteiger partial charge in [0, 0.05) is 22.6 Å². The SMILES string of the molecule is COC(=O)c1ccc(OC[C@H]2[C@@H](Cl)CCN2CCCOP)cc1. The van der Waals surface area contributed by atoms with Crippen LogP contribution in [0.4, 0.5) is 0 Å². The number of rotatable bonds is 8. The number of carbonyl (C=O) groups is 1. The van der Waals surface area contributed by atoms with Gasteiger partial charge in [0.25, 0.3) is 0 Å². The van der Waals surface area contributed by atoms with Crippen LogP contribution in [-0.2, 0) is 9.26 Å². The minimum absolute atomic E-state index is 0.0984. The Kier molecular flexibility index (Phi) is 7.57. The molecule has 1 aromatic rings. The third kappa shape index (κ3) is 5.32. The van der Waals surface area contributed by atoms with E-state index in [-0.39, 0.29) is 17.4 Å². The van der Waals surface area contributed by atoms with E-state index in [9.17, 15) is 4.79 Å². The van der Waals surface area contributed by atoms with Crippen LogP contribution < -0.4 is 4.74 Å². The Morgan fingerprint density at radius 2 is 2.13 bits per heavy atom. The molecule has 128 valence electrons. The Labute approximate surface area is 144 Å². The molecular formula is C16H23ClNO4P. The summed E-state index contributed by atoms with van der Waals surface area (Å²) in [5.41, 5.74) is 0.509. The highest BCUT2D eigenvalue weighted by Crippen LogP contribution is 2.24. The monoisotopic (exact) mass is 359 g/mol. The van der Waals surface area contributed by atoms with E-state index in [1.165, 1.54) is 7.11 Å². The van der Waals surface area contributed by atoms with Crippen molar-refractivity contribution in [2.45, 2.75) is 24.3 Å². The molecule has 23 heavy (non-hydrogen) atoms. The highest BCUT2D eigenvalue weighted by Gasteiger charge is 2.32. The summed E-state index contributed by atoms with van der Waals surface area (Å²) in [5, 5.41) is 0.0984. The van der Waals surface area contributed by atoms with Gasteiger partial charge in [0.05, 0.1) is 30.7 Å². The molecule has 0 radical (unpaired) electrons. The van der Waals surface area contributed by atoms with Gasteiger partial charge in [-0.3, -0.25) is 4.90 Å². The van der Waals surface area contributed by atoms with Crippen molar-refractivity contribution in [2.24, 2.45) is 0 Å². The standard InChI is InChI=1S/C16H23ClNO4P/c1-20-16(19)12-3-5-13(6-4-12)21-11-15-14(17)7-9-18(15)8-2-10-22-23/h3-6,14-15H,2,7-11,23H2,1H3/t14-,15-/m0/s1. The van der Waals surface area contributed by atoms with Crippen LogP contribution in [0.2, 0.25) is 0 Å². The van der Waals surface area contributed by atoms with Gasteiger partial charge in [-0.1, -0.05) is 0 Å². The largest absolute Gasteiger partial charge is 0.492 e. The number of hydrogen-bond acceptors (Lipinski definition) is 5. The minimum Gasteiger partial charge on any atom is -0.492 e. The molecule has 0 N–H and O–H groups in total. The summed E-state index contributed by atoms with van der Waals surface area (Å²) in [4.78, 5) is 13.8. The molecule has 2 rings (SSSR count). The van der Waals surface area contributed by atoms with Gasteiger partial charge < -0.3 is 14.0 Å². The van der Waals surface area contributed by atoms with Crippen molar-refractivity contribution in [1.82, 2.24) is 4.90 Å². The fourth-order valence-corrected chi connectivity index (χ4v) is 3.20. The van der Waals surface area contributed by atoms with E-state index < -0.39 is 0 Å². The summed E-state index contributed by atoms with van der Waals surface area (Å²) in [5.74, 6) is 0.373. The fraction of sp³-hybridized carbons (Fsp3) is 0.562.